The number of hydrogen-bond donors (Lipinski definition) is 1. The molecule has 1 atom stereocenters. The first kappa shape index (κ1) is 14.1. The van der Waals surface area contributed by atoms with Crippen molar-refractivity contribution in [2.45, 2.75) is 57.5 Å². The average molecular weight is 288 g/mol. The van der Waals surface area contributed by atoms with Gasteiger partial charge in [-0.25, -0.2) is 0 Å². The Morgan fingerprint density at radius 2 is 1.85 bits per heavy atom. The molecule has 3 rings (SSSR count). The first-order valence-electron chi connectivity index (χ1n) is 7.96. The maximum atomic E-state index is 10.4. The summed E-state index contributed by atoms with van der Waals surface area (Å²) < 4.78 is 1.34. The summed E-state index contributed by atoms with van der Waals surface area (Å²) in [4.78, 5) is 0. The lowest BCUT2D eigenvalue weighted by Crippen LogP contribution is -2.16. The summed E-state index contributed by atoms with van der Waals surface area (Å²) in [6, 6.07) is 8.53. The molecule has 1 aliphatic carbocycles. The van der Waals surface area contributed by atoms with E-state index in [0.717, 1.165) is 18.8 Å². The molecule has 0 radical (unpaired) electrons. The van der Waals surface area contributed by atoms with E-state index in [2.05, 4.69) is 29.6 Å². The van der Waals surface area contributed by atoms with E-state index in [4.69, 9.17) is 0 Å². The van der Waals surface area contributed by atoms with Gasteiger partial charge in [-0.15, -0.1) is 11.3 Å². The van der Waals surface area contributed by atoms with E-state index in [1.165, 1.54) is 54.2 Å². The smallest absolute Gasteiger partial charge is 0.0583 e. The third-order valence-electron chi connectivity index (χ3n) is 4.60. The third kappa shape index (κ3) is 3.42. The van der Waals surface area contributed by atoms with Crippen molar-refractivity contribution in [1.82, 2.24) is 0 Å². The number of aliphatic hydroxyl groups is 1. The maximum absolute atomic E-state index is 10.4. The molecule has 1 heterocycles. The minimum Gasteiger partial charge on any atom is -0.393 e. The molecular formula is C18H24OS. The minimum atomic E-state index is -0.170. The molecule has 0 amide bonds. The van der Waals surface area contributed by atoms with Gasteiger partial charge in [-0.3, -0.25) is 0 Å². The highest BCUT2D eigenvalue weighted by Crippen LogP contribution is 2.30. The molecule has 1 saturated carbocycles. The van der Waals surface area contributed by atoms with Crippen molar-refractivity contribution >= 4 is 21.4 Å². The van der Waals surface area contributed by atoms with Crippen LogP contribution in [0.2, 0.25) is 0 Å². The van der Waals surface area contributed by atoms with Gasteiger partial charge in [0, 0.05) is 4.70 Å². The fourth-order valence-electron chi connectivity index (χ4n) is 3.51. The number of thiophene rings is 1. The van der Waals surface area contributed by atoms with Crippen LogP contribution < -0.4 is 0 Å². The molecule has 1 aliphatic rings. The Labute approximate surface area is 125 Å². The first-order valence-corrected chi connectivity index (χ1v) is 8.84. The summed E-state index contributed by atoms with van der Waals surface area (Å²) in [7, 11) is 0. The molecule has 1 unspecified atom stereocenters. The van der Waals surface area contributed by atoms with Gasteiger partial charge in [0.1, 0.15) is 0 Å². The van der Waals surface area contributed by atoms with E-state index >= 15 is 0 Å². The average Bonchev–Trinajstić information content (AvgIpc) is 2.68. The molecular weight excluding hydrogens is 264 g/mol. The SMILES string of the molecule is OC(Cc1csc2ccccc12)CC1CCCCCC1. The Morgan fingerprint density at radius 3 is 2.65 bits per heavy atom. The molecule has 0 saturated heterocycles. The largest absolute Gasteiger partial charge is 0.393 e. The quantitative estimate of drug-likeness (QED) is 0.770. The monoisotopic (exact) mass is 288 g/mol. The van der Waals surface area contributed by atoms with Gasteiger partial charge in [-0.05, 0) is 41.2 Å². The number of fused-ring (bicyclic) bond motifs is 1. The van der Waals surface area contributed by atoms with Crippen LogP contribution in [0.1, 0.15) is 50.5 Å². The highest BCUT2D eigenvalue weighted by Gasteiger charge is 2.17. The fourth-order valence-corrected chi connectivity index (χ4v) is 4.49. The molecule has 0 aliphatic heterocycles. The molecule has 1 N–H and O–H groups in total. The normalized spacial score (nSPS) is 19.1. The lowest BCUT2D eigenvalue weighted by Gasteiger charge is -2.18. The molecule has 0 bridgehead atoms. The van der Waals surface area contributed by atoms with E-state index in [-0.39, 0.29) is 6.10 Å². The molecule has 2 heteroatoms. The van der Waals surface area contributed by atoms with Gasteiger partial charge in [-0.2, -0.15) is 0 Å². The van der Waals surface area contributed by atoms with Gasteiger partial charge in [0.05, 0.1) is 6.10 Å². The molecule has 20 heavy (non-hydrogen) atoms. The highest BCUT2D eigenvalue weighted by atomic mass is 32.1. The molecule has 0 spiro atoms. The summed E-state index contributed by atoms with van der Waals surface area (Å²) >= 11 is 1.79. The standard InChI is InChI=1S/C18H24OS/c19-16(11-14-7-3-1-2-4-8-14)12-15-13-20-18-10-6-5-9-17(15)18/h5-6,9-10,13-14,16,19H,1-4,7-8,11-12H2. The molecule has 1 nitrogen and oxygen atoms in total. The number of hydrogen-bond acceptors (Lipinski definition) is 2. The Hall–Kier alpha value is -0.860. The van der Waals surface area contributed by atoms with Crippen LogP contribution in [0.3, 0.4) is 0 Å². The van der Waals surface area contributed by atoms with Gasteiger partial charge in [0.15, 0.2) is 0 Å². The summed E-state index contributed by atoms with van der Waals surface area (Å²) in [5, 5.41) is 14.0. The number of aliphatic hydroxyl groups excluding tert-OH is 1. The number of rotatable bonds is 4. The van der Waals surface area contributed by atoms with Crippen LogP contribution in [0.5, 0.6) is 0 Å². The summed E-state index contributed by atoms with van der Waals surface area (Å²) in [5.41, 5.74) is 1.33. The maximum Gasteiger partial charge on any atom is 0.0583 e. The Morgan fingerprint density at radius 1 is 1.10 bits per heavy atom. The van der Waals surface area contributed by atoms with Crippen LogP contribution in [-0.2, 0) is 6.42 Å². The van der Waals surface area contributed by atoms with E-state index in [9.17, 15) is 5.11 Å². The van der Waals surface area contributed by atoms with Crippen molar-refractivity contribution in [3.8, 4) is 0 Å². The van der Waals surface area contributed by atoms with E-state index in [0.29, 0.717) is 0 Å². The molecule has 2 aromatic rings. The van der Waals surface area contributed by atoms with Crippen LogP contribution in [-0.4, -0.2) is 11.2 Å². The minimum absolute atomic E-state index is 0.170. The van der Waals surface area contributed by atoms with Crippen molar-refractivity contribution in [3.05, 3.63) is 35.2 Å². The molecule has 108 valence electrons. The second-order valence-electron chi connectivity index (χ2n) is 6.21. The zero-order valence-electron chi connectivity index (χ0n) is 12.1. The molecule has 1 aromatic heterocycles. The van der Waals surface area contributed by atoms with Crippen LogP contribution in [0.15, 0.2) is 29.6 Å². The Balaban J connectivity index is 1.62. The Kier molecular flexibility index (Phi) is 4.74. The van der Waals surface area contributed by atoms with Crippen LogP contribution in [0, 0.1) is 5.92 Å². The second-order valence-corrected chi connectivity index (χ2v) is 7.12. The third-order valence-corrected chi connectivity index (χ3v) is 5.61. The summed E-state index contributed by atoms with van der Waals surface area (Å²) in [6.45, 7) is 0. The lowest BCUT2D eigenvalue weighted by molar-refractivity contribution is 0.138. The zero-order valence-corrected chi connectivity index (χ0v) is 12.9. The first-order chi connectivity index (χ1) is 9.83. The van der Waals surface area contributed by atoms with Crippen molar-refractivity contribution in [2.24, 2.45) is 5.92 Å². The summed E-state index contributed by atoms with van der Waals surface area (Å²) in [6.07, 6.45) is 9.78. The van der Waals surface area contributed by atoms with E-state index in [1.54, 1.807) is 11.3 Å². The summed E-state index contributed by atoms with van der Waals surface area (Å²) in [5.74, 6) is 0.748. The van der Waals surface area contributed by atoms with Gasteiger partial charge in [-0.1, -0.05) is 56.7 Å². The van der Waals surface area contributed by atoms with Crippen molar-refractivity contribution in [1.29, 1.82) is 0 Å². The van der Waals surface area contributed by atoms with Crippen molar-refractivity contribution in [3.63, 3.8) is 0 Å². The van der Waals surface area contributed by atoms with Gasteiger partial charge in [0.2, 0.25) is 0 Å². The zero-order chi connectivity index (χ0) is 13.8. The van der Waals surface area contributed by atoms with Gasteiger partial charge in [0.25, 0.3) is 0 Å². The van der Waals surface area contributed by atoms with Crippen LogP contribution >= 0.6 is 11.3 Å². The highest BCUT2D eigenvalue weighted by molar-refractivity contribution is 7.17. The van der Waals surface area contributed by atoms with Crippen molar-refractivity contribution < 1.29 is 5.11 Å². The van der Waals surface area contributed by atoms with Crippen LogP contribution in [0.25, 0.3) is 10.1 Å². The van der Waals surface area contributed by atoms with Crippen molar-refractivity contribution in [2.75, 3.05) is 0 Å². The van der Waals surface area contributed by atoms with Crippen LogP contribution in [0.4, 0.5) is 0 Å². The van der Waals surface area contributed by atoms with E-state index in [1.807, 2.05) is 0 Å². The molecule has 1 fully saturated rings. The van der Waals surface area contributed by atoms with Gasteiger partial charge < -0.3 is 5.11 Å². The predicted octanol–water partition coefficient (Wildman–Crippen LogP) is 5.17. The molecule has 1 aromatic carbocycles. The Bertz CT molecular complexity index is 537. The lowest BCUT2D eigenvalue weighted by atomic mass is 9.91. The predicted molar refractivity (Wildman–Crippen MR) is 87.3 cm³/mol. The number of benzene rings is 1. The fraction of sp³-hybridized carbons (Fsp3) is 0.556. The van der Waals surface area contributed by atoms with E-state index < -0.39 is 0 Å². The van der Waals surface area contributed by atoms with Gasteiger partial charge >= 0.3 is 0 Å². The topological polar surface area (TPSA) is 20.2 Å². The second kappa shape index (κ2) is 6.73.